The number of hydrogen-bond donors (Lipinski definition) is 1. The standard InChI is InChI=1S/C18H31N7O2/c1-27-13-12-25-16(20-21-22-25)18(24-9-4-5-10-24)8-11-23(14-18)17(26)19-15-6-2-3-7-15/h15H,2-14H2,1H3,(H,19,26). The van der Waals surface area contributed by atoms with Crippen LogP contribution >= 0.6 is 0 Å². The van der Waals surface area contributed by atoms with Gasteiger partial charge in [-0.25, -0.2) is 9.48 Å². The Balaban J connectivity index is 1.53. The molecule has 1 saturated carbocycles. The molecule has 4 rings (SSSR count). The largest absolute Gasteiger partial charge is 0.383 e. The maximum absolute atomic E-state index is 12.8. The summed E-state index contributed by atoms with van der Waals surface area (Å²) in [6, 6.07) is 0.408. The van der Waals surface area contributed by atoms with Gasteiger partial charge in [0.15, 0.2) is 5.82 Å². The molecular formula is C18H31N7O2. The highest BCUT2D eigenvalue weighted by Crippen LogP contribution is 2.39. The quantitative estimate of drug-likeness (QED) is 0.795. The van der Waals surface area contributed by atoms with Crippen molar-refractivity contribution < 1.29 is 9.53 Å². The number of rotatable bonds is 6. The summed E-state index contributed by atoms with van der Waals surface area (Å²) in [6.45, 7) is 4.66. The topological polar surface area (TPSA) is 88.4 Å². The van der Waals surface area contributed by atoms with Gasteiger partial charge >= 0.3 is 6.03 Å². The fourth-order valence-electron chi connectivity index (χ4n) is 4.90. The van der Waals surface area contributed by atoms with Gasteiger partial charge in [-0.1, -0.05) is 12.8 Å². The maximum atomic E-state index is 12.8. The van der Waals surface area contributed by atoms with Gasteiger partial charge in [-0.3, -0.25) is 4.90 Å². The van der Waals surface area contributed by atoms with Gasteiger partial charge in [-0.2, -0.15) is 0 Å². The summed E-state index contributed by atoms with van der Waals surface area (Å²) in [7, 11) is 1.69. The van der Waals surface area contributed by atoms with E-state index in [4.69, 9.17) is 4.74 Å². The molecule has 1 aromatic heterocycles. The summed E-state index contributed by atoms with van der Waals surface area (Å²) < 4.78 is 7.08. The predicted molar refractivity (Wildman–Crippen MR) is 99.2 cm³/mol. The lowest BCUT2D eigenvalue weighted by molar-refractivity contribution is 0.103. The number of tetrazole rings is 1. The van der Waals surface area contributed by atoms with E-state index in [9.17, 15) is 4.79 Å². The number of nitrogens with zero attached hydrogens (tertiary/aromatic N) is 6. The lowest BCUT2D eigenvalue weighted by Crippen LogP contribution is -2.51. The lowest BCUT2D eigenvalue weighted by Gasteiger charge is -2.37. The van der Waals surface area contributed by atoms with Crippen molar-refractivity contribution >= 4 is 6.03 Å². The van der Waals surface area contributed by atoms with Crippen LogP contribution in [0.15, 0.2) is 0 Å². The van der Waals surface area contributed by atoms with Crippen LogP contribution < -0.4 is 5.32 Å². The first-order chi connectivity index (χ1) is 13.2. The minimum Gasteiger partial charge on any atom is -0.383 e. The average Bonchev–Trinajstić information content (AvgIpc) is 3.47. The summed E-state index contributed by atoms with van der Waals surface area (Å²) in [5.41, 5.74) is -0.291. The Labute approximate surface area is 160 Å². The Morgan fingerprint density at radius 2 is 2.00 bits per heavy atom. The Morgan fingerprint density at radius 1 is 1.22 bits per heavy atom. The second-order valence-corrected chi connectivity index (χ2v) is 8.05. The van der Waals surface area contributed by atoms with Gasteiger partial charge < -0.3 is 15.0 Å². The Morgan fingerprint density at radius 3 is 2.74 bits per heavy atom. The summed E-state index contributed by atoms with van der Waals surface area (Å²) in [5.74, 6) is 0.873. The van der Waals surface area contributed by atoms with Crippen LogP contribution in [0.4, 0.5) is 4.79 Å². The van der Waals surface area contributed by atoms with Crippen molar-refractivity contribution in [3.8, 4) is 0 Å². The highest BCUT2D eigenvalue weighted by Gasteiger charge is 2.50. The molecule has 2 saturated heterocycles. The highest BCUT2D eigenvalue weighted by atomic mass is 16.5. The second kappa shape index (κ2) is 8.10. The molecule has 0 aromatic carbocycles. The number of hydrogen-bond acceptors (Lipinski definition) is 6. The average molecular weight is 377 g/mol. The molecule has 1 aliphatic carbocycles. The number of carbonyl (C=O) groups is 1. The predicted octanol–water partition coefficient (Wildman–Crippen LogP) is 0.969. The van der Waals surface area contributed by atoms with E-state index >= 15 is 0 Å². The fraction of sp³-hybridized carbons (Fsp3) is 0.889. The molecule has 1 atom stereocenters. The van der Waals surface area contributed by atoms with E-state index in [1.165, 1.54) is 25.7 Å². The molecular weight excluding hydrogens is 346 g/mol. The molecule has 0 radical (unpaired) electrons. The minimum atomic E-state index is -0.291. The smallest absolute Gasteiger partial charge is 0.317 e. The van der Waals surface area contributed by atoms with E-state index < -0.39 is 0 Å². The van der Waals surface area contributed by atoms with Crippen LogP contribution in [0.25, 0.3) is 0 Å². The number of nitrogens with one attached hydrogen (secondary N) is 1. The van der Waals surface area contributed by atoms with Crippen molar-refractivity contribution in [3.63, 3.8) is 0 Å². The number of ether oxygens (including phenoxy) is 1. The number of aromatic nitrogens is 4. The molecule has 3 fully saturated rings. The van der Waals surface area contributed by atoms with Gasteiger partial charge in [0.2, 0.25) is 0 Å². The summed E-state index contributed by atoms with van der Waals surface area (Å²) in [6.07, 6.45) is 7.90. The number of methoxy groups -OCH3 is 1. The first-order valence-electron chi connectivity index (χ1n) is 10.3. The van der Waals surface area contributed by atoms with E-state index in [1.807, 2.05) is 9.58 Å². The van der Waals surface area contributed by atoms with Crippen LogP contribution in [-0.2, 0) is 16.8 Å². The van der Waals surface area contributed by atoms with Crippen LogP contribution in [0.2, 0.25) is 0 Å². The van der Waals surface area contributed by atoms with Crippen molar-refractivity contribution in [3.05, 3.63) is 5.82 Å². The van der Waals surface area contributed by atoms with Gasteiger partial charge in [0, 0.05) is 26.2 Å². The summed E-state index contributed by atoms with van der Waals surface area (Å²) >= 11 is 0. The van der Waals surface area contributed by atoms with Gasteiger partial charge in [-0.05, 0) is 55.6 Å². The second-order valence-electron chi connectivity index (χ2n) is 8.05. The molecule has 0 bridgehead atoms. The van der Waals surface area contributed by atoms with Crippen molar-refractivity contribution in [2.75, 3.05) is 39.9 Å². The van der Waals surface area contributed by atoms with Crippen molar-refractivity contribution in [1.29, 1.82) is 0 Å². The third kappa shape index (κ3) is 3.67. The Bertz CT molecular complexity index is 639. The number of amides is 2. The first kappa shape index (κ1) is 18.6. The zero-order valence-corrected chi connectivity index (χ0v) is 16.3. The molecule has 150 valence electrons. The van der Waals surface area contributed by atoms with E-state index in [0.717, 1.165) is 44.7 Å². The lowest BCUT2D eigenvalue weighted by atomic mass is 9.95. The highest BCUT2D eigenvalue weighted by molar-refractivity contribution is 5.75. The zero-order valence-electron chi connectivity index (χ0n) is 16.3. The monoisotopic (exact) mass is 377 g/mol. The number of carbonyl (C=O) groups excluding carboxylic acids is 1. The van der Waals surface area contributed by atoms with Crippen LogP contribution in [0.3, 0.4) is 0 Å². The minimum absolute atomic E-state index is 0.0684. The third-order valence-corrected chi connectivity index (χ3v) is 6.38. The maximum Gasteiger partial charge on any atom is 0.317 e. The molecule has 1 aromatic rings. The van der Waals surface area contributed by atoms with Gasteiger partial charge in [0.25, 0.3) is 0 Å². The molecule has 1 N–H and O–H groups in total. The van der Waals surface area contributed by atoms with Crippen molar-refractivity contribution in [2.45, 2.75) is 63.1 Å². The van der Waals surface area contributed by atoms with Crippen molar-refractivity contribution in [2.24, 2.45) is 0 Å². The molecule has 1 unspecified atom stereocenters. The molecule has 2 amide bonds. The van der Waals surface area contributed by atoms with Crippen LogP contribution in [0.5, 0.6) is 0 Å². The van der Waals surface area contributed by atoms with Gasteiger partial charge in [0.05, 0.1) is 13.2 Å². The van der Waals surface area contributed by atoms with E-state index in [-0.39, 0.29) is 11.6 Å². The third-order valence-electron chi connectivity index (χ3n) is 6.38. The van der Waals surface area contributed by atoms with Crippen LogP contribution in [0.1, 0.15) is 50.8 Å². The van der Waals surface area contributed by atoms with Crippen LogP contribution in [-0.4, -0.2) is 82.0 Å². The SMILES string of the molecule is COCCn1nnnc1C1(N2CCCC2)CCN(C(=O)NC2CCCC2)C1. The van der Waals surface area contributed by atoms with E-state index in [1.54, 1.807) is 7.11 Å². The molecule has 27 heavy (non-hydrogen) atoms. The number of urea groups is 1. The first-order valence-corrected chi connectivity index (χ1v) is 10.3. The van der Waals surface area contributed by atoms with E-state index in [2.05, 4.69) is 25.7 Å². The normalized spacial score (nSPS) is 26.9. The molecule has 3 aliphatic rings. The Hall–Kier alpha value is -1.74. The summed E-state index contributed by atoms with van der Waals surface area (Å²) in [4.78, 5) is 17.3. The fourth-order valence-corrected chi connectivity index (χ4v) is 4.90. The molecule has 2 aliphatic heterocycles. The van der Waals surface area contributed by atoms with Gasteiger partial charge in [0.1, 0.15) is 5.54 Å². The van der Waals surface area contributed by atoms with E-state index in [0.29, 0.717) is 25.7 Å². The molecule has 3 heterocycles. The number of likely N-dealkylation sites (tertiary alicyclic amines) is 2. The zero-order chi connectivity index (χ0) is 18.7. The molecule has 9 heteroatoms. The Kier molecular flexibility index (Phi) is 5.58. The summed E-state index contributed by atoms with van der Waals surface area (Å²) in [5, 5.41) is 15.8. The molecule has 9 nitrogen and oxygen atoms in total. The van der Waals surface area contributed by atoms with Crippen molar-refractivity contribution in [1.82, 2.24) is 35.3 Å². The molecule has 0 spiro atoms. The van der Waals surface area contributed by atoms with Crippen LogP contribution in [0, 0.1) is 0 Å². The van der Waals surface area contributed by atoms with Gasteiger partial charge in [-0.15, -0.1) is 5.10 Å².